The monoisotopic (exact) mass is 310 g/mol. The third-order valence-electron chi connectivity index (χ3n) is 4.36. The van der Waals surface area contributed by atoms with Gasteiger partial charge < -0.3 is 4.90 Å². The lowest BCUT2D eigenvalue weighted by atomic mass is 9.96. The molecule has 0 N–H and O–H groups in total. The van der Waals surface area contributed by atoms with E-state index in [2.05, 4.69) is 14.9 Å². The van der Waals surface area contributed by atoms with E-state index in [4.69, 9.17) is 0 Å². The molecule has 0 radical (unpaired) electrons. The lowest BCUT2D eigenvalue weighted by Crippen LogP contribution is -2.38. The highest BCUT2D eigenvalue weighted by atomic mass is 32.2. The first-order valence-corrected chi connectivity index (χ1v) is 9.41. The first-order chi connectivity index (χ1) is 10.0. The van der Waals surface area contributed by atoms with Crippen LogP contribution in [-0.4, -0.2) is 55.1 Å². The van der Waals surface area contributed by atoms with Gasteiger partial charge in [-0.25, -0.2) is 17.7 Å². The van der Waals surface area contributed by atoms with Crippen molar-refractivity contribution in [2.75, 3.05) is 37.3 Å². The van der Waals surface area contributed by atoms with Gasteiger partial charge in [0.15, 0.2) is 0 Å². The molecule has 21 heavy (non-hydrogen) atoms. The van der Waals surface area contributed by atoms with Gasteiger partial charge in [0.25, 0.3) is 0 Å². The molecule has 0 amide bonds. The average Bonchev–Trinajstić information content (AvgIpc) is 3.01. The highest BCUT2D eigenvalue weighted by Gasteiger charge is 2.27. The number of sulfonamides is 1. The molecule has 1 atom stereocenters. The van der Waals surface area contributed by atoms with E-state index in [1.54, 1.807) is 4.31 Å². The van der Waals surface area contributed by atoms with Crippen molar-refractivity contribution >= 4 is 15.8 Å². The highest BCUT2D eigenvalue weighted by Crippen LogP contribution is 2.27. The Bertz CT molecular complexity index is 581. The van der Waals surface area contributed by atoms with Crippen molar-refractivity contribution in [1.29, 1.82) is 0 Å². The minimum absolute atomic E-state index is 0.161. The van der Waals surface area contributed by atoms with Gasteiger partial charge in [0.1, 0.15) is 5.82 Å². The zero-order chi connectivity index (χ0) is 14.9. The molecule has 0 aromatic carbocycles. The molecule has 2 aliphatic rings. The largest absolute Gasteiger partial charge is 0.355 e. The molecule has 2 fully saturated rings. The molecule has 1 aromatic heterocycles. The number of aromatic nitrogens is 2. The SMILES string of the molecule is CS(=O)(=O)N1CCCC(c2cnc(N3CCCC3)cn2)C1. The lowest BCUT2D eigenvalue weighted by Gasteiger charge is -2.30. The van der Waals surface area contributed by atoms with Crippen molar-refractivity contribution in [3.8, 4) is 0 Å². The number of piperidine rings is 1. The van der Waals surface area contributed by atoms with Gasteiger partial charge in [0, 0.05) is 32.1 Å². The van der Waals surface area contributed by atoms with Gasteiger partial charge in [-0.3, -0.25) is 4.98 Å². The number of rotatable bonds is 3. The molecule has 2 saturated heterocycles. The predicted molar refractivity (Wildman–Crippen MR) is 81.9 cm³/mol. The third-order valence-corrected chi connectivity index (χ3v) is 5.63. The first-order valence-electron chi connectivity index (χ1n) is 7.56. The fourth-order valence-electron chi connectivity index (χ4n) is 3.14. The average molecular weight is 310 g/mol. The summed E-state index contributed by atoms with van der Waals surface area (Å²) in [7, 11) is -3.11. The molecule has 0 saturated carbocycles. The fourth-order valence-corrected chi connectivity index (χ4v) is 4.05. The summed E-state index contributed by atoms with van der Waals surface area (Å²) >= 11 is 0. The Labute approximate surface area is 126 Å². The summed E-state index contributed by atoms with van der Waals surface area (Å²) in [6, 6.07) is 0. The van der Waals surface area contributed by atoms with Gasteiger partial charge in [-0.15, -0.1) is 0 Å². The summed E-state index contributed by atoms with van der Waals surface area (Å²) in [4.78, 5) is 11.3. The topological polar surface area (TPSA) is 66.4 Å². The Kier molecular flexibility index (Phi) is 4.12. The van der Waals surface area contributed by atoms with E-state index in [9.17, 15) is 8.42 Å². The van der Waals surface area contributed by atoms with Crippen molar-refractivity contribution in [1.82, 2.24) is 14.3 Å². The van der Waals surface area contributed by atoms with Gasteiger partial charge in [-0.1, -0.05) is 0 Å². The third kappa shape index (κ3) is 3.35. The van der Waals surface area contributed by atoms with E-state index < -0.39 is 10.0 Å². The smallest absolute Gasteiger partial charge is 0.211 e. The van der Waals surface area contributed by atoms with Crippen LogP contribution in [0.4, 0.5) is 5.82 Å². The van der Waals surface area contributed by atoms with Gasteiger partial charge >= 0.3 is 0 Å². The lowest BCUT2D eigenvalue weighted by molar-refractivity contribution is 0.314. The van der Waals surface area contributed by atoms with E-state index in [1.807, 2.05) is 12.4 Å². The standard InChI is InChI=1S/C14H22N4O2S/c1-21(19,20)18-8-4-5-12(11-18)13-9-16-14(10-15-13)17-6-2-3-7-17/h9-10,12H,2-8,11H2,1H3. The molecular formula is C14H22N4O2S. The van der Waals surface area contributed by atoms with Gasteiger partial charge in [0.2, 0.25) is 10.0 Å². The van der Waals surface area contributed by atoms with Crippen molar-refractivity contribution in [3.05, 3.63) is 18.1 Å². The second-order valence-corrected chi connectivity index (χ2v) is 7.94. The highest BCUT2D eigenvalue weighted by molar-refractivity contribution is 7.88. The summed E-state index contributed by atoms with van der Waals surface area (Å²) in [5.74, 6) is 1.10. The van der Waals surface area contributed by atoms with Crippen LogP contribution in [0.15, 0.2) is 12.4 Å². The molecule has 0 bridgehead atoms. The summed E-state index contributed by atoms with van der Waals surface area (Å²) in [5.41, 5.74) is 0.909. The normalized spacial score (nSPS) is 24.4. The maximum absolute atomic E-state index is 11.7. The van der Waals surface area contributed by atoms with Gasteiger partial charge in [-0.2, -0.15) is 0 Å². The van der Waals surface area contributed by atoms with Crippen molar-refractivity contribution in [2.45, 2.75) is 31.6 Å². The summed E-state index contributed by atoms with van der Waals surface area (Å²) in [6.45, 7) is 3.25. The molecule has 1 unspecified atom stereocenters. The van der Waals surface area contributed by atoms with Crippen LogP contribution in [0.3, 0.4) is 0 Å². The first kappa shape index (κ1) is 14.7. The fraction of sp³-hybridized carbons (Fsp3) is 0.714. The molecule has 3 rings (SSSR count). The van der Waals surface area contributed by atoms with Crippen molar-refractivity contribution in [3.63, 3.8) is 0 Å². The molecule has 2 aliphatic heterocycles. The Morgan fingerprint density at radius 1 is 1.10 bits per heavy atom. The molecule has 7 heteroatoms. The Balaban J connectivity index is 1.71. The van der Waals surface area contributed by atoms with Crippen molar-refractivity contribution < 1.29 is 8.42 Å². The van der Waals surface area contributed by atoms with Crippen LogP contribution in [-0.2, 0) is 10.0 Å². The maximum atomic E-state index is 11.7. The molecule has 0 spiro atoms. The zero-order valence-corrected chi connectivity index (χ0v) is 13.2. The maximum Gasteiger partial charge on any atom is 0.211 e. The van der Waals surface area contributed by atoms with E-state index >= 15 is 0 Å². The summed E-state index contributed by atoms with van der Waals surface area (Å²) in [6.07, 6.45) is 9.23. The quantitative estimate of drug-likeness (QED) is 0.840. The number of nitrogens with zero attached hydrogens (tertiary/aromatic N) is 4. The van der Waals surface area contributed by atoms with Gasteiger partial charge in [-0.05, 0) is 25.7 Å². The molecular weight excluding hydrogens is 288 g/mol. The Hall–Kier alpha value is -1.21. The van der Waals surface area contributed by atoms with Crippen LogP contribution in [0.5, 0.6) is 0 Å². The molecule has 1 aromatic rings. The molecule has 116 valence electrons. The predicted octanol–water partition coefficient (Wildman–Crippen LogP) is 1.22. The van der Waals surface area contributed by atoms with E-state index in [0.717, 1.165) is 37.4 Å². The molecule has 0 aliphatic carbocycles. The van der Waals surface area contributed by atoms with Crippen LogP contribution in [0, 0.1) is 0 Å². The van der Waals surface area contributed by atoms with Gasteiger partial charge in [0.05, 0.1) is 24.3 Å². The number of hydrogen-bond donors (Lipinski definition) is 0. The second kappa shape index (κ2) is 5.88. The van der Waals surface area contributed by atoms with Crippen LogP contribution < -0.4 is 4.90 Å². The van der Waals surface area contributed by atoms with Crippen molar-refractivity contribution in [2.24, 2.45) is 0 Å². The number of hydrogen-bond acceptors (Lipinski definition) is 5. The number of anilines is 1. The Morgan fingerprint density at radius 3 is 2.48 bits per heavy atom. The zero-order valence-electron chi connectivity index (χ0n) is 12.4. The minimum atomic E-state index is -3.11. The van der Waals surface area contributed by atoms with Crippen LogP contribution in [0.1, 0.15) is 37.3 Å². The van der Waals surface area contributed by atoms with E-state index in [1.165, 1.54) is 19.1 Å². The molecule has 6 nitrogen and oxygen atoms in total. The summed E-state index contributed by atoms with van der Waals surface area (Å²) in [5, 5.41) is 0. The second-order valence-electron chi connectivity index (χ2n) is 5.95. The van der Waals surface area contributed by atoms with Crippen LogP contribution in [0.2, 0.25) is 0 Å². The van der Waals surface area contributed by atoms with E-state index in [0.29, 0.717) is 13.1 Å². The minimum Gasteiger partial charge on any atom is -0.355 e. The molecule has 3 heterocycles. The Morgan fingerprint density at radius 2 is 1.86 bits per heavy atom. The van der Waals surface area contributed by atoms with Crippen LogP contribution >= 0.6 is 0 Å². The summed E-state index contributed by atoms with van der Waals surface area (Å²) < 4.78 is 24.9. The van der Waals surface area contributed by atoms with E-state index in [-0.39, 0.29) is 5.92 Å². The van der Waals surface area contributed by atoms with Crippen LogP contribution in [0.25, 0.3) is 0 Å².